The summed E-state index contributed by atoms with van der Waals surface area (Å²) >= 11 is 3.66. The minimum atomic E-state index is 0.776. The van der Waals surface area contributed by atoms with Crippen LogP contribution in [-0.2, 0) is 18.1 Å². The molecule has 0 saturated heterocycles. The van der Waals surface area contributed by atoms with Crippen LogP contribution < -0.4 is 11.1 Å². The van der Waals surface area contributed by atoms with Crippen molar-refractivity contribution in [3.8, 4) is 0 Å². The van der Waals surface area contributed by atoms with E-state index < -0.39 is 0 Å². The molecule has 0 unspecified atom stereocenters. The van der Waals surface area contributed by atoms with Crippen LogP contribution in [0.3, 0.4) is 0 Å². The van der Waals surface area contributed by atoms with E-state index in [1.807, 2.05) is 30.0 Å². The highest BCUT2D eigenvalue weighted by molar-refractivity contribution is 7.99. The smallest absolute Gasteiger partial charge is 0.0481 e. The van der Waals surface area contributed by atoms with E-state index in [2.05, 4.69) is 115 Å². The maximum Gasteiger partial charge on any atom is 0.0481 e. The van der Waals surface area contributed by atoms with Gasteiger partial charge in [-0.1, -0.05) is 97.1 Å². The summed E-state index contributed by atoms with van der Waals surface area (Å²) in [6, 6.07) is 45.3. The lowest BCUT2D eigenvalue weighted by atomic mass is 9.97. The van der Waals surface area contributed by atoms with Crippen LogP contribution >= 0.6 is 23.5 Å². The Kier molecular flexibility index (Phi) is 7.75. The van der Waals surface area contributed by atoms with Crippen LogP contribution in [-0.4, -0.2) is 0 Å². The van der Waals surface area contributed by atoms with Crippen LogP contribution in [0.15, 0.2) is 137 Å². The van der Waals surface area contributed by atoms with Crippen molar-refractivity contribution >= 4 is 56.4 Å². The van der Waals surface area contributed by atoms with Crippen molar-refractivity contribution in [3.63, 3.8) is 0 Å². The summed E-state index contributed by atoms with van der Waals surface area (Å²) in [4.78, 5) is 2.40. The number of nitrogen functional groups attached to an aromatic ring is 1. The molecule has 0 amide bonds. The molecule has 2 nitrogen and oxygen atoms in total. The Hall–Kier alpha value is -3.86. The number of hydrogen-bond donors (Lipinski definition) is 2. The first kappa shape index (κ1) is 25.4. The predicted octanol–water partition coefficient (Wildman–Crippen LogP) is 9.77. The van der Waals surface area contributed by atoms with Crippen LogP contribution in [0.2, 0.25) is 0 Å². The van der Waals surface area contributed by atoms with Crippen molar-refractivity contribution in [1.29, 1.82) is 0 Å². The van der Waals surface area contributed by atoms with E-state index >= 15 is 0 Å². The summed E-state index contributed by atoms with van der Waals surface area (Å²) in [7, 11) is 0. The van der Waals surface area contributed by atoms with Crippen molar-refractivity contribution in [2.75, 3.05) is 11.1 Å². The van der Waals surface area contributed by atoms with Crippen LogP contribution in [0.25, 0.3) is 21.5 Å². The molecule has 0 spiro atoms. The van der Waals surface area contributed by atoms with Crippen LogP contribution in [0.5, 0.6) is 0 Å². The van der Waals surface area contributed by atoms with Gasteiger partial charge in [0.15, 0.2) is 0 Å². The van der Waals surface area contributed by atoms with Crippen molar-refractivity contribution in [1.82, 2.24) is 0 Å². The van der Waals surface area contributed by atoms with Gasteiger partial charge in [-0.15, -0.1) is 23.5 Å². The molecule has 0 bridgehead atoms. The number of para-hydroxylation sites is 2. The Balaban J connectivity index is 1.13. The highest BCUT2D eigenvalue weighted by Crippen LogP contribution is 2.33. The van der Waals surface area contributed by atoms with Gasteiger partial charge in [-0.05, 0) is 68.6 Å². The van der Waals surface area contributed by atoms with Gasteiger partial charge in [-0.3, -0.25) is 0 Å². The molecule has 0 radical (unpaired) electrons. The fraction of sp³-hybridized carbons (Fsp3) is 0.0857. The molecule has 0 heterocycles. The molecule has 4 heteroatoms. The van der Waals surface area contributed by atoms with Gasteiger partial charge in [0.1, 0.15) is 0 Å². The van der Waals surface area contributed by atoms with E-state index in [0.29, 0.717) is 0 Å². The lowest BCUT2D eigenvalue weighted by Gasteiger charge is -2.15. The van der Waals surface area contributed by atoms with Gasteiger partial charge >= 0.3 is 0 Å². The van der Waals surface area contributed by atoms with Gasteiger partial charge in [0.2, 0.25) is 0 Å². The molecular weight excluding hydrogens is 513 g/mol. The standard InChI is InChI=1S/C35H30N2S2/c36-32-13-5-7-15-34(32)38-23-25-17-19-26(20-18-25)24-39-35-16-8-6-14-33(35)37-22-31-29-11-3-1-9-27(29)21-28-10-2-4-12-30(28)31/h1-21,37H,22-24,36H2. The minimum absolute atomic E-state index is 0.776. The average molecular weight is 543 g/mol. The third-order valence-electron chi connectivity index (χ3n) is 6.96. The van der Waals surface area contributed by atoms with E-state index in [0.717, 1.165) is 28.6 Å². The largest absolute Gasteiger partial charge is 0.398 e. The summed E-state index contributed by atoms with van der Waals surface area (Å²) in [6.45, 7) is 0.776. The monoisotopic (exact) mass is 542 g/mol. The highest BCUT2D eigenvalue weighted by atomic mass is 32.2. The van der Waals surface area contributed by atoms with E-state index in [-0.39, 0.29) is 0 Å². The van der Waals surface area contributed by atoms with Gasteiger partial charge < -0.3 is 11.1 Å². The van der Waals surface area contributed by atoms with Crippen LogP contribution in [0.1, 0.15) is 16.7 Å². The Morgan fingerprint density at radius 3 is 1.69 bits per heavy atom. The number of benzene rings is 6. The first-order valence-electron chi connectivity index (χ1n) is 13.1. The molecular formula is C35H30N2S2. The molecule has 0 atom stereocenters. The lowest BCUT2D eigenvalue weighted by Crippen LogP contribution is -2.02. The SMILES string of the molecule is Nc1ccccc1SCc1ccc(CSc2ccccc2NCc2c3ccccc3cc3ccccc23)cc1. The fourth-order valence-electron chi connectivity index (χ4n) is 4.89. The zero-order chi connectivity index (χ0) is 26.4. The summed E-state index contributed by atoms with van der Waals surface area (Å²) in [5.41, 5.74) is 12.1. The molecule has 0 aliphatic carbocycles. The Bertz CT molecular complexity index is 1670. The number of thioether (sulfide) groups is 2. The Morgan fingerprint density at radius 1 is 0.538 bits per heavy atom. The quantitative estimate of drug-likeness (QED) is 0.108. The third kappa shape index (κ3) is 5.93. The number of nitrogens with one attached hydrogen (secondary N) is 1. The van der Waals surface area contributed by atoms with Gasteiger partial charge in [0.05, 0.1) is 0 Å². The fourth-order valence-corrected chi connectivity index (χ4v) is 6.80. The maximum atomic E-state index is 6.09. The van der Waals surface area contributed by atoms with Crippen molar-refractivity contribution in [2.45, 2.75) is 27.8 Å². The second-order valence-electron chi connectivity index (χ2n) is 9.58. The molecule has 0 aromatic heterocycles. The third-order valence-corrected chi connectivity index (χ3v) is 9.26. The van der Waals surface area contributed by atoms with Crippen LogP contribution in [0.4, 0.5) is 11.4 Å². The second kappa shape index (κ2) is 11.9. The zero-order valence-corrected chi connectivity index (χ0v) is 23.3. The molecule has 6 aromatic rings. The van der Waals surface area contributed by atoms with E-state index in [1.54, 1.807) is 11.8 Å². The summed E-state index contributed by atoms with van der Waals surface area (Å²) in [6.07, 6.45) is 0. The predicted molar refractivity (Wildman–Crippen MR) is 172 cm³/mol. The summed E-state index contributed by atoms with van der Waals surface area (Å²) in [5.74, 6) is 1.84. The van der Waals surface area contributed by atoms with Crippen molar-refractivity contribution in [3.05, 3.63) is 144 Å². The topological polar surface area (TPSA) is 38.0 Å². The molecule has 0 aliphatic rings. The minimum Gasteiger partial charge on any atom is -0.398 e. The van der Waals surface area contributed by atoms with Crippen molar-refractivity contribution in [2.24, 2.45) is 0 Å². The summed E-state index contributed by atoms with van der Waals surface area (Å²) < 4.78 is 0. The maximum absolute atomic E-state index is 6.09. The average Bonchev–Trinajstić information content (AvgIpc) is 2.99. The molecule has 0 aliphatic heterocycles. The molecule has 192 valence electrons. The first-order valence-corrected chi connectivity index (χ1v) is 15.1. The normalized spacial score (nSPS) is 11.2. The van der Waals surface area contributed by atoms with Gasteiger partial charge in [-0.2, -0.15) is 0 Å². The number of rotatable bonds is 9. The van der Waals surface area contributed by atoms with Gasteiger partial charge in [-0.25, -0.2) is 0 Å². The Morgan fingerprint density at radius 2 is 1.05 bits per heavy atom. The van der Waals surface area contributed by atoms with Gasteiger partial charge in [0.25, 0.3) is 0 Å². The van der Waals surface area contributed by atoms with Crippen LogP contribution in [0, 0.1) is 0 Å². The summed E-state index contributed by atoms with van der Waals surface area (Å²) in [5, 5.41) is 8.94. The number of anilines is 2. The van der Waals surface area contributed by atoms with E-state index in [4.69, 9.17) is 5.73 Å². The molecule has 0 saturated carbocycles. The van der Waals surface area contributed by atoms with E-state index in [1.165, 1.54) is 48.8 Å². The molecule has 39 heavy (non-hydrogen) atoms. The molecule has 0 fully saturated rings. The molecule has 6 rings (SSSR count). The number of fused-ring (bicyclic) bond motifs is 2. The lowest BCUT2D eigenvalue weighted by molar-refractivity contribution is 1.16. The number of nitrogens with two attached hydrogens (primary N) is 1. The second-order valence-corrected chi connectivity index (χ2v) is 11.6. The van der Waals surface area contributed by atoms with E-state index in [9.17, 15) is 0 Å². The van der Waals surface area contributed by atoms with Gasteiger partial charge in [0, 0.05) is 39.2 Å². The number of hydrogen-bond acceptors (Lipinski definition) is 4. The van der Waals surface area contributed by atoms with Crippen molar-refractivity contribution < 1.29 is 0 Å². The molecule has 3 N–H and O–H groups in total. The highest BCUT2D eigenvalue weighted by Gasteiger charge is 2.09. The Labute approximate surface area is 238 Å². The molecule has 6 aromatic carbocycles. The zero-order valence-electron chi connectivity index (χ0n) is 21.6. The first-order chi connectivity index (χ1) is 19.2.